The van der Waals surface area contributed by atoms with Gasteiger partial charge in [-0.15, -0.1) is 0 Å². The van der Waals surface area contributed by atoms with Crippen molar-refractivity contribution in [1.29, 1.82) is 5.26 Å². The molecule has 5 heteroatoms. The molecule has 1 aromatic rings. The second-order valence-electron chi connectivity index (χ2n) is 2.42. The van der Waals surface area contributed by atoms with Gasteiger partial charge in [-0.3, -0.25) is 0 Å². The Balaban J connectivity index is 3.38. The zero-order chi connectivity index (χ0) is 10.7. The van der Waals surface area contributed by atoms with Crippen LogP contribution in [0.2, 0.25) is 0 Å². The van der Waals surface area contributed by atoms with Gasteiger partial charge in [-0.1, -0.05) is 0 Å². The van der Waals surface area contributed by atoms with Crippen molar-refractivity contribution in [3.8, 4) is 6.07 Å². The fourth-order valence-electron chi connectivity index (χ4n) is 0.929. The van der Waals surface area contributed by atoms with E-state index < -0.39 is 11.8 Å². The van der Waals surface area contributed by atoms with Crippen molar-refractivity contribution in [2.24, 2.45) is 0 Å². The van der Waals surface area contributed by atoms with Gasteiger partial charge in [0.25, 0.3) is 0 Å². The van der Waals surface area contributed by atoms with Gasteiger partial charge in [0, 0.05) is 3.57 Å². The summed E-state index contributed by atoms with van der Waals surface area (Å²) in [4.78, 5) is 11.1. The summed E-state index contributed by atoms with van der Waals surface area (Å²) in [6.45, 7) is 0. The van der Waals surface area contributed by atoms with Crippen LogP contribution in [0.25, 0.3) is 0 Å². The van der Waals surface area contributed by atoms with Gasteiger partial charge in [0.15, 0.2) is 5.82 Å². The van der Waals surface area contributed by atoms with E-state index in [1.54, 1.807) is 6.07 Å². The Morgan fingerprint density at radius 2 is 2.29 bits per heavy atom. The fourth-order valence-corrected chi connectivity index (χ4v) is 1.55. The molecule has 0 unspecified atom stereocenters. The third-order valence-electron chi connectivity index (χ3n) is 1.56. The number of benzene rings is 1. The molecule has 0 saturated carbocycles. The van der Waals surface area contributed by atoms with E-state index in [9.17, 15) is 9.18 Å². The molecule has 1 rings (SSSR count). The summed E-state index contributed by atoms with van der Waals surface area (Å²) >= 11 is 1.90. The van der Waals surface area contributed by atoms with Gasteiger partial charge in [0.05, 0.1) is 18.2 Å². The number of hydrogen-bond acceptors (Lipinski definition) is 3. The first-order valence-corrected chi connectivity index (χ1v) is 4.65. The summed E-state index contributed by atoms with van der Waals surface area (Å²) in [7, 11) is 1.16. The van der Waals surface area contributed by atoms with Crippen LogP contribution in [0.3, 0.4) is 0 Å². The standard InChI is InChI=1S/C9H5FINO2/c1-14-9(13)7-3-6(11)2-5(4-12)8(7)10/h2-3H,1H3. The topological polar surface area (TPSA) is 50.1 Å². The number of carbonyl (C=O) groups is 1. The van der Waals surface area contributed by atoms with Gasteiger partial charge >= 0.3 is 5.97 Å². The quantitative estimate of drug-likeness (QED) is 0.590. The average molecular weight is 305 g/mol. The van der Waals surface area contributed by atoms with Crippen LogP contribution >= 0.6 is 22.6 Å². The number of nitriles is 1. The third-order valence-corrected chi connectivity index (χ3v) is 2.19. The van der Waals surface area contributed by atoms with Crippen LogP contribution in [0.4, 0.5) is 4.39 Å². The molecule has 0 amide bonds. The molecule has 0 aliphatic heterocycles. The van der Waals surface area contributed by atoms with Gasteiger partial charge in [0.1, 0.15) is 6.07 Å². The highest BCUT2D eigenvalue weighted by atomic mass is 127. The second-order valence-corrected chi connectivity index (χ2v) is 3.66. The summed E-state index contributed by atoms with van der Waals surface area (Å²) in [5.41, 5.74) is -0.367. The molecule has 0 aliphatic rings. The van der Waals surface area contributed by atoms with Crippen LogP contribution in [0, 0.1) is 20.7 Å². The number of halogens is 2. The summed E-state index contributed by atoms with van der Waals surface area (Å²) in [5.74, 6) is -1.61. The first-order chi connectivity index (χ1) is 6.60. The van der Waals surface area contributed by atoms with Gasteiger partial charge in [-0.05, 0) is 34.7 Å². The van der Waals surface area contributed by atoms with Crippen LogP contribution in [0.15, 0.2) is 12.1 Å². The maximum absolute atomic E-state index is 13.4. The Bertz CT molecular complexity index is 426. The van der Waals surface area contributed by atoms with Crippen molar-refractivity contribution in [2.75, 3.05) is 7.11 Å². The lowest BCUT2D eigenvalue weighted by Gasteiger charge is -2.02. The maximum Gasteiger partial charge on any atom is 0.340 e. The molecule has 72 valence electrons. The fraction of sp³-hybridized carbons (Fsp3) is 0.111. The van der Waals surface area contributed by atoms with Crippen molar-refractivity contribution >= 4 is 28.6 Å². The highest BCUT2D eigenvalue weighted by molar-refractivity contribution is 14.1. The monoisotopic (exact) mass is 305 g/mol. The molecule has 0 heterocycles. The van der Waals surface area contributed by atoms with E-state index in [4.69, 9.17) is 5.26 Å². The lowest BCUT2D eigenvalue weighted by molar-refractivity contribution is 0.0595. The first-order valence-electron chi connectivity index (χ1n) is 3.57. The molecular weight excluding hydrogens is 300 g/mol. The van der Waals surface area contributed by atoms with Gasteiger partial charge in [-0.2, -0.15) is 5.26 Å². The number of esters is 1. The Morgan fingerprint density at radius 1 is 1.64 bits per heavy atom. The minimum atomic E-state index is -0.834. The van der Waals surface area contributed by atoms with Crippen molar-refractivity contribution < 1.29 is 13.9 Å². The summed E-state index contributed by atoms with van der Waals surface area (Å²) in [6, 6.07) is 4.37. The third kappa shape index (κ3) is 2.01. The molecule has 0 bridgehead atoms. The predicted octanol–water partition coefficient (Wildman–Crippen LogP) is 2.09. The molecular formula is C9H5FINO2. The van der Waals surface area contributed by atoms with Crippen LogP contribution in [-0.4, -0.2) is 13.1 Å². The smallest absolute Gasteiger partial charge is 0.340 e. The van der Waals surface area contributed by atoms with Gasteiger partial charge in [0.2, 0.25) is 0 Å². The van der Waals surface area contributed by atoms with Crippen LogP contribution in [-0.2, 0) is 4.74 Å². The number of hydrogen-bond donors (Lipinski definition) is 0. The first kappa shape index (κ1) is 10.9. The maximum atomic E-state index is 13.4. The Kier molecular flexibility index (Phi) is 3.41. The summed E-state index contributed by atoms with van der Waals surface area (Å²) < 4.78 is 18.4. The molecule has 0 aromatic heterocycles. The molecule has 1 aromatic carbocycles. The lowest BCUT2D eigenvalue weighted by Crippen LogP contribution is -2.06. The van der Waals surface area contributed by atoms with Gasteiger partial charge < -0.3 is 4.74 Å². The average Bonchev–Trinajstić information content (AvgIpc) is 2.19. The highest BCUT2D eigenvalue weighted by Crippen LogP contribution is 2.17. The van der Waals surface area contributed by atoms with E-state index in [1.165, 1.54) is 12.1 Å². The second kappa shape index (κ2) is 4.37. The molecule has 0 radical (unpaired) electrons. The van der Waals surface area contributed by atoms with E-state index in [0.29, 0.717) is 3.57 Å². The molecule has 0 aliphatic carbocycles. The predicted molar refractivity (Wildman–Crippen MR) is 55.2 cm³/mol. The Morgan fingerprint density at radius 3 is 2.79 bits per heavy atom. The normalized spacial score (nSPS) is 9.29. The molecule has 0 saturated heterocycles. The number of methoxy groups -OCH3 is 1. The lowest BCUT2D eigenvalue weighted by atomic mass is 10.1. The van der Waals surface area contributed by atoms with Gasteiger partial charge in [-0.25, -0.2) is 9.18 Å². The van der Waals surface area contributed by atoms with Crippen LogP contribution in [0.1, 0.15) is 15.9 Å². The van der Waals surface area contributed by atoms with E-state index >= 15 is 0 Å². The molecule has 0 N–H and O–H groups in total. The van der Waals surface area contributed by atoms with Crippen molar-refractivity contribution in [2.45, 2.75) is 0 Å². The highest BCUT2D eigenvalue weighted by Gasteiger charge is 2.16. The minimum Gasteiger partial charge on any atom is -0.465 e. The van der Waals surface area contributed by atoms with E-state index in [0.717, 1.165) is 7.11 Å². The Hall–Kier alpha value is -1.16. The zero-order valence-electron chi connectivity index (χ0n) is 7.17. The van der Waals surface area contributed by atoms with E-state index in [2.05, 4.69) is 4.74 Å². The van der Waals surface area contributed by atoms with Crippen LogP contribution < -0.4 is 0 Å². The van der Waals surface area contributed by atoms with Crippen LogP contribution in [0.5, 0.6) is 0 Å². The summed E-state index contributed by atoms with van der Waals surface area (Å²) in [6.07, 6.45) is 0. The molecule has 0 spiro atoms. The summed E-state index contributed by atoms with van der Waals surface area (Å²) in [5, 5.41) is 8.58. The molecule has 0 atom stereocenters. The molecule has 14 heavy (non-hydrogen) atoms. The number of rotatable bonds is 1. The van der Waals surface area contributed by atoms with Crippen molar-refractivity contribution in [3.05, 3.63) is 32.6 Å². The van der Waals surface area contributed by atoms with E-state index in [1.807, 2.05) is 22.6 Å². The van der Waals surface area contributed by atoms with Crippen molar-refractivity contribution in [1.82, 2.24) is 0 Å². The number of nitrogens with zero attached hydrogens (tertiary/aromatic N) is 1. The van der Waals surface area contributed by atoms with E-state index in [-0.39, 0.29) is 11.1 Å². The zero-order valence-corrected chi connectivity index (χ0v) is 9.33. The largest absolute Gasteiger partial charge is 0.465 e. The minimum absolute atomic E-state index is 0.155. The molecule has 3 nitrogen and oxygen atoms in total. The number of carbonyl (C=O) groups excluding carboxylic acids is 1. The number of ether oxygens (including phenoxy) is 1. The Labute approximate surface area is 93.6 Å². The SMILES string of the molecule is COC(=O)c1cc(I)cc(C#N)c1F. The van der Waals surface area contributed by atoms with Crippen molar-refractivity contribution in [3.63, 3.8) is 0 Å². The molecule has 0 fully saturated rings.